The highest BCUT2D eigenvalue weighted by Gasteiger charge is 2.72. The van der Waals surface area contributed by atoms with Crippen LogP contribution >= 0.6 is 0 Å². The smallest absolute Gasteiger partial charge is 0.407 e. The second-order valence-electron chi connectivity index (χ2n) is 12.6. The number of amides is 1. The molecule has 41 heavy (non-hydrogen) atoms. The summed E-state index contributed by atoms with van der Waals surface area (Å²) in [6.07, 6.45) is 9.32. The van der Waals surface area contributed by atoms with Crippen LogP contribution in [0.1, 0.15) is 98.3 Å². The number of unbranched alkanes of at least 4 members (excludes halogenated alkanes) is 4. The van der Waals surface area contributed by atoms with Crippen LogP contribution in [-0.4, -0.2) is 74.2 Å². The van der Waals surface area contributed by atoms with Crippen molar-refractivity contribution >= 4 is 17.8 Å². The van der Waals surface area contributed by atoms with Gasteiger partial charge >= 0.3 is 12.1 Å². The lowest BCUT2D eigenvalue weighted by Crippen LogP contribution is -2.55. The van der Waals surface area contributed by atoms with Gasteiger partial charge in [0.1, 0.15) is 29.2 Å². The summed E-state index contributed by atoms with van der Waals surface area (Å²) >= 11 is 0. The second kappa shape index (κ2) is 15.5. The fourth-order valence-corrected chi connectivity index (χ4v) is 6.38. The quantitative estimate of drug-likeness (QED) is 0.0919. The van der Waals surface area contributed by atoms with Crippen LogP contribution in [0.15, 0.2) is 12.7 Å². The molecular weight excluding hydrogens is 526 g/mol. The summed E-state index contributed by atoms with van der Waals surface area (Å²) in [5, 5.41) is 2.80. The minimum absolute atomic E-state index is 0.0327. The Kier molecular flexibility index (Phi) is 12.7. The molecule has 0 radical (unpaired) electrons. The van der Waals surface area contributed by atoms with E-state index in [0.29, 0.717) is 38.2 Å². The predicted octanol–water partition coefficient (Wildman–Crippen LogP) is 5.53. The number of methoxy groups -OCH3 is 1. The van der Waals surface area contributed by atoms with Gasteiger partial charge in [0.05, 0.1) is 31.7 Å². The van der Waals surface area contributed by atoms with Crippen molar-refractivity contribution in [3.63, 3.8) is 0 Å². The molecule has 3 aliphatic rings. The van der Waals surface area contributed by atoms with Gasteiger partial charge < -0.3 is 29.0 Å². The van der Waals surface area contributed by atoms with Gasteiger partial charge in [-0.2, -0.15) is 0 Å². The number of nitrogens with one attached hydrogen (secondary N) is 1. The summed E-state index contributed by atoms with van der Waals surface area (Å²) in [4.78, 5) is 36.7. The molecule has 1 N–H and O–H groups in total. The molecule has 1 aliphatic carbocycles. The number of ketones is 1. The molecule has 7 atom stereocenters. The predicted molar refractivity (Wildman–Crippen MR) is 155 cm³/mol. The maximum atomic E-state index is 13.1. The topological polar surface area (TPSA) is 116 Å². The monoisotopic (exact) mass is 579 g/mol. The molecule has 1 amide bonds. The summed E-state index contributed by atoms with van der Waals surface area (Å²) in [7, 11) is 1.66. The molecule has 0 aromatic heterocycles. The van der Waals surface area contributed by atoms with Crippen molar-refractivity contribution in [2.45, 2.75) is 128 Å². The Balaban J connectivity index is 1.40. The highest BCUT2D eigenvalue weighted by atomic mass is 16.6. The normalized spacial score (nSPS) is 31.0. The molecule has 2 heterocycles. The SMILES string of the molecule is C=CC[C@H]1OC1(C)C1C(OC)C(OC(=O)C[C@@H](COC(=O)NCCCCCCCC(=O)CC)C(C)C)CC[C@]12CO2. The molecule has 2 saturated heterocycles. The number of esters is 1. The molecular formula is C32H53NO8. The average molecular weight is 580 g/mol. The molecule has 4 unspecified atom stereocenters. The zero-order valence-electron chi connectivity index (χ0n) is 25.9. The third-order valence-electron chi connectivity index (χ3n) is 9.26. The van der Waals surface area contributed by atoms with E-state index in [1.165, 1.54) is 0 Å². The Labute approximate surface area is 246 Å². The summed E-state index contributed by atoms with van der Waals surface area (Å²) in [5.74, 6) is -0.0416. The number of hydrogen-bond donors (Lipinski definition) is 1. The van der Waals surface area contributed by atoms with Crippen LogP contribution in [0.2, 0.25) is 0 Å². The van der Waals surface area contributed by atoms with Gasteiger partial charge in [-0.1, -0.05) is 46.1 Å². The molecule has 234 valence electrons. The number of epoxide rings is 2. The van der Waals surface area contributed by atoms with E-state index >= 15 is 0 Å². The van der Waals surface area contributed by atoms with Gasteiger partial charge in [0.15, 0.2) is 0 Å². The summed E-state index contributed by atoms with van der Waals surface area (Å²) < 4.78 is 29.5. The van der Waals surface area contributed by atoms with Crippen molar-refractivity contribution in [2.75, 3.05) is 26.9 Å². The van der Waals surface area contributed by atoms with Gasteiger partial charge in [0.2, 0.25) is 0 Å². The van der Waals surface area contributed by atoms with Gasteiger partial charge in [-0.3, -0.25) is 9.59 Å². The first-order valence-corrected chi connectivity index (χ1v) is 15.7. The van der Waals surface area contributed by atoms with Gasteiger partial charge in [-0.25, -0.2) is 4.79 Å². The average Bonchev–Trinajstić information content (AvgIpc) is 3.85. The number of carbonyl (C=O) groups excluding carboxylic acids is 3. The number of rotatable bonds is 19. The van der Waals surface area contributed by atoms with Crippen molar-refractivity contribution < 1.29 is 38.1 Å². The number of carbonyl (C=O) groups is 3. The zero-order chi connectivity index (χ0) is 30.0. The summed E-state index contributed by atoms with van der Waals surface area (Å²) in [5.41, 5.74) is -0.668. The fraction of sp³-hybridized carbons (Fsp3) is 0.844. The molecule has 2 aliphatic heterocycles. The maximum Gasteiger partial charge on any atom is 0.407 e. The van der Waals surface area contributed by atoms with Crippen LogP contribution in [0.4, 0.5) is 4.79 Å². The fourth-order valence-electron chi connectivity index (χ4n) is 6.38. The van der Waals surface area contributed by atoms with Crippen LogP contribution < -0.4 is 5.32 Å². The molecule has 3 fully saturated rings. The number of ether oxygens (including phenoxy) is 5. The van der Waals surface area contributed by atoms with E-state index in [9.17, 15) is 14.4 Å². The Morgan fingerprint density at radius 2 is 1.85 bits per heavy atom. The van der Waals surface area contributed by atoms with Crippen molar-refractivity contribution in [2.24, 2.45) is 17.8 Å². The van der Waals surface area contributed by atoms with Crippen LogP contribution in [-0.2, 0) is 33.3 Å². The van der Waals surface area contributed by atoms with Crippen LogP contribution in [0, 0.1) is 17.8 Å². The highest BCUT2D eigenvalue weighted by molar-refractivity contribution is 5.77. The Bertz CT molecular complexity index is 887. The lowest BCUT2D eigenvalue weighted by atomic mass is 9.68. The minimum atomic E-state index is -0.464. The Morgan fingerprint density at radius 1 is 1.15 bits per heavy atom. The van der Waals surface area contributed by atoms with Crippen LogP contribution in [0.5, 0.6) is 0 Å². The Hall–Kier alpha value is -1.97. The highest BCUT2D eigenvalue weighted by Crippen LogP contribution is 2.59. The first-order valence-electron chi connectivity index (χ1n) is 15.7. The standard InChI is InChI=1S/C32H53NO8/c1-7-14-26-31(5,41-26)29-28(37-6)25(16-17-32(29)21-39-32)40-27(35)19-23(22(3)4)20-38-30(36)33-18-13-11-9-10-12-15-24(34)8-2/h7,22-23,25-26,28-29H,1,8-21H2,2-6H3,(H,33,36)/t23-,25?,26+,28?,29?,31?,32-/m0/s1. The van der Waals surface area contributed by atoms with E-state index in [1.807, 2.05) is 26.8 Å². The number of Topliss-reactive ketones (excluding diaryl/α,β-unsaturated/α-hetero) is 1. The number of hydrogen-bond acceptors (Lipinski definition) is 8. The van der Waals surface area contributed by atoms with E-state index in [-0.39, 0.29) is 60.7 Å². The molecule has 1 saturated carbocycles. The van der Waals surface area contributed by atoms with Gasteiger partial charge in [0, 0.05) is 32.4 Å². The van der Waals surface area contributed by atoms with Crippen LogP contribution in [0.25, 0.3) is 0 Å². The molecule has 0 aromatic carbocycles. The van der Waals surface area contributed by atoms with Crippen molar-refractivity contribution in [3.05, 3.63) is 12.7 Å². The van der Waals surface area contributed by atoms with Crippen LogP contribution in [0.3, 0.4) is 0 Å². The molecule has 0 bridgehead atoms. The first kappa shape index (κ1) is 33.5. The van der Waals surface area contributed by atoms with Gasteiger partial charge in [-0.15, -0.1) is 6.58 Å². The van der Waals surface area contributed by atoms with E-state index in [0.717, 1.165) is 44.9 Å². The van der Waals surface area contributed by atoms with Crippen molar-refractivity contribution in [1.29, 1.82) is 0 Å². The van der Waals surface area contributed by atoms with Gasteiger partial charge in [-0.05, 0) is 44.9 Å². The minimum Gasteiger partial charge on any atom is -0.460 e. The van der Waals surface area contributed by atoms with Gasteiger partial charge in [0.25, 0.3) is 0 Å². The molecule has 9 heteroatoms. The van der Waals surface area contributed by atoms with E-state index in [2.05, 4.69) is 18.8 Å². The lowest BCUT2D eigenvalue weighted by molar-refractivity contribution is -0.173. The summed E-state index contributed by atoms with van der Waals surface area (Å²) in [6.45, 7) is 13.2. The Morgan fingerprint density at radius 3 is 2.49 bits per heavy atom. The molecule has 1 spiro atoms. The molecule has 0 aromatic rings. The molecule has 3 rings (SSSR count). The largest absolute Gasteiger partial charge is 0.460 e. The van der Waals surface area contributed by atoms with E-state index in [1.54, 1.807) is 7.11 Å². The van der Waals surface area contributed by atoms with E-state index in [4.69, 9.17) is 23.7 Å². The third-order valence-corrected chi connectivity index (χ3v) is 9.26. The van der Waals surface area contributed by atoms with E-state index < -0.39 is 11.7 Å². The lowest BCUT2D eigenvalue weighted by Gasteiger charge is -2.42. The number of alkyl carbamates (subject to hydrolysis) is 1. The second-order valence-corrected chi connectivity index (χ2v) is 12.6. The molecule has 9 nitrogen and oxygen atoms in total. The first-order chi connectivity index (χ1) is 19.6. The zero-order valence-corrected chi connectivity index (χ0v) is 25.9. The maximum absolute atomic E-state index is 13.1. The third kappa shape index (κ3) is 9.26. The van der Waals surface area contributed by atoms with Crippen molar-refractivity contribution in [1.82, 2.24) is 5.32 Å². The summed E-state index contributed by atoms with van der Waals surface area (Å²) in [6, 6.07) is 0. The van der Waals surface area contributed by atoms with Crippen molar-refractivity contribution in [3.8, 4) is 0 Å².